The van der Waals surface area contributed by atoms with Gasteiger partial charge in [-0.05, 0) is 57.4 Å². The van der Waals surface area contributed by atoms with Crippen LogP contribution in [0.3, 0.4) is 0 Å². The minimum absolute atomic E-state index is 0.179. The largest absolute Gasteiger partial charge is 0.486 e. The summed E-state index contributed by atoms with van der Waals surface area (Å²) in [6, 6.07) is 6.76. The first-order valence-electron chi connectivity index (χ1n) is 8.58. The van der Waals surface area contributed by atoms with Gasteiger partial charge in [0.2, 0.25) is 0 Å². The molecule has 122 valence electrons. The molecule has 0 spiro atoms. The van der Waals surface area contributed by atoms with E-state index in [0.717, 1.165) is 49.4 Å². The molecule has 0 aromatic heterocycles. The molecule has 1 fully saturated rings. The number of aliphatic hydroxyl groups is 1. The van der Waals surface area contributed by atoms with Gasteiger partial charge in [0.05, 0.1) is 18.3 Å². The van der Waals surface area contributed by atoms with Crippen molar-refractivity contribution < 1.29 is 9.84 Å². The van der Waals surface area contributed by atoms with E-state index in [1.165, 1.54) is 0 Å². The topological polar surface area (TPSA) is 44.7 Å². The summed E-state index contributed by atoms with van der Waals surface area (Å²) >= 11 is 0. The minimum atomic E-state index is -0.439. The van der Waals surface area contributed by atoms with E-state index in [1.807, 2.05) is 12.1 Å². The molecule has 2 heterocycles. The Bertz CT molecular complexity index is 512. The van der Waals surface area contributed by atoms with Crippen LogP contribution in [0.4, 0.5) is 5.69 Å². The van der Waals surface area contributed by atoms with Crippen LogP contribution in [0, 0.1) is 0 Å². The third kappa shape index (κ3) is 2.95. The molecule has 2 aliphatic rings. The van der Waals surface area contributed by atoms with Gasteiger partial charge < -0.3 is 20.1 Å². The highest BCUT2D eigenvalue weighted by Gasteiger charge is 2.29. The van der Waals surface area contributed by atoms with E-state index >= 15 is 0 Å². The van der Waals surface area contributed by atoms with Crippen LogP contribution >= 0.6 is 0 Å². The van der Waals surface area contributed by atoms with E-state index < -0.39 is 6.10 Å². The maximum absolute atomic E-state index is 10.6. The number of fused-ring (bicyclic) bond motifs is 1. The lowest BCUT2D eigenvalue weighted by molar-refractivity contribution is 0.137. The minimum Gasteiger partial charge on any atom is -0.486 e. The lowest BCUT2D eigenvalue weighted by atomic mass is 9.99. The zero-order valence-electron chi connectivity index (χ0n) is 13.9. The molecule has 0 saturated carbocycles. The number of benzene rings is 1. The first-order valence-corrected chi connectivity index (χ1v) is 8.58. The molecule has 3 atom stereocenters. The van der Waals surface area contributed by atoms with Crippen LogP contribution in [-0.4, -0.2) is 36.4 Å². The maximum Gasteiger partial charge on any atom is 0.143 e. The van der Waals surface area contributed by atoms with E-state index in [1.54, 1.807) is 0 Å². The van der Waals surface area contributed by atoms with Gasteiger partial charge in [0.1, 0.15) is 11.9 Å². The Labute approximate surface area is 133 Å². The van der Waals surface area contributed by atoms with Crippen molar-refractivity contribution in [3.63, 3.8) is 0 Å². The van der Waals surface area contributed by atoms with Gasteiger partial charge in [0.25, 0.3) is 0 Å². The van der Waals surface area contributed by atoms with Crippen LogP contribution in [0.15, 0.2) is 18.2 Å². The number of ether oxygens (including phenoxy) is 1. The zero-order valence-corrected chi connectivity index (χ0v) is 13.9. The van der Waals surface area contributed by atoms with E-state index in [0.29, 0.717) is 6.04 Å². The van der Waals surface area contributed by atoms with Crippen molar-refractivity contribution in [3.05, 3.63) is 23.8 Å². The average molecular weight is 304 g/mol. The molecule has 2 aliphatic heterocycles. The van der Waals surface area contributed by atoms with Gasteiger partial charge in [-0.25, -0.2) is 0 Å². The molecule has 2 N–H and O–H groups in total. The predicted molar refractivity (Wildman–Crippen MR) is 89.6 cm³/mol. The van der Waals surface area contributed by atoms with Gasteiger partial charge in [-0.2, -0.15) is 0 Å². The van der Waals surface area contributed by atoms with Gasteiger partial charge in [-0.1, -0.05) is 13.0 Å². The van der Waals surface area contributed by atoms with E-state index in [4.69, 9.17) is 4.74 Å². The lowest BCUT2D eigenvalue weighted by Crippen LogP contribution is -2.43. The number of nitrogens with zero attached hydrogens (tertiary/aromatic N) is 1. The highest BCUT2D eigenvalue weighted by Crippen LogP contribution is 2.38. The second-order valence-electron chi connectivity index (χ2n) is 6.77. The second kappa shape index (κ2) is 6.47. The summed E-state index contributed by atoms with van der Waals surface area (Å²) in [5.74, 6) is 0.946. The number of anilines is 1. The van der Waals surface area contributed by atoms with E-state index in [9.17, 15) is 5.11 Å². The Morgan fingerprint density at radius 2 is 2.23 bits per heavy atom. The monoisotopic (exact) mass is 304 g/mol. The van der Waals surface area contributed by atoms with Gasteiger partial charge in [-0.15, -0.1) is 0 Å². The van der Waals surface area contributed by atoms with Crippen LogP contribution in [0.25, 0.3) is 0 Å². The smallest absolute Gasteiger partial charge is 0.143 e. The second-order valence-corrected chi connectivity index (χ2v) is 6.77. The van der Waals surface area contributed by atoms with Crippen LogP contribution in [0.5, 0.6) is 5.75 Å². The Hall–Kier alpha value is -1.26. The van der Waals surface area contributed by atoms with E-state index in [-0.39, 0.29) is 12.1 Å². The van der Waals surface area contributed by atoms with Crippen LogP contribution in [0.2, 0.25) is 0 Å². The number of rotatable bonds is 4. The van der Waals surface area contributed by atoms with Crippen molar-refractivity contribution in [2.75, 3.05) is 18.0 Å². The van der Waals surface area contributed by atoms with Crippen molar-refractivity contribution in [1.29, 1.82) is 0 Å². The summed E-state index contributed by atoms with van der Waals surface area (Å²) in [7, 11) is 0. The SMILES string of the molecule is CCC1CN(C(C)C)c2cc(C(O)C3CCCN3)ccc2O1. The third-order valence-corrected chi connectivity index (χ3v) is 4.89. The van der Waals surface area contributed by atoms with Crippen LogP contribution in [-0.2, 0) is 0 Å². The Balaban J connectivity index is 1.89. The molecule has 1 aromatic rings. The molecule has 0 amide bonds. The summed E-state index contributed by atoms with van der Waals surface area (Å²) in [6.07, 6.45) is 3.01. The lowest BCUT2D eigenvalue weighted by Gasteiger charge is -2.39. The molecule has 4 heteroatoms. The number of nitrogens with one attached hydrogen (secondary N) is 1. The van der Waals surface area contributed by atoms with Gasteiger partial charge in [0.15, 0.2) is 0 Å². The molecule has 1 aromatic carbocycles. The fourth-order valence-electron chi connectivity index (χ4n) is 3.49. The number of hydrogen-bond donors (Lipinski definition) is 2. The predicted octanol–water partition coefficient (Wildman–Crippen LogP) is 2.86. The molecule has 0 radical (unpaired) electrons. The molecule has 4 nitrogen and oxygen atoms in total. The normalized spacial score (nSPS) is 26.0. The van der Waals surface area contributed by atoms with Gasteiger partial charge >= 0.3 is 0 Å². The molecule has 1 saturated heterocycles. The fourth-order valence-corrected chi connectivity index (χ4v) is 3.49. The maximum atomic E-state index is 10.6. The molecular formula is C18H28N2O2. The van der Waals surface area contributed by atoms with Crippen molar-refractivity contribution in [2.45, 2.75) is 64.3 Å². The first-order chi connectivity index (χ1) is 10.6. The van der Waals surface area contributed by atoms with Crippen molar-refractivity contribution in [2.24, 2.45) is 0 Å². The van der Waals surface area contributed by atoms with Crippen molar-refractivity contribution >= 4 is 5.69 Å². The van der Waals surface area contributed by atoms with Crippen molar-refractivity contribution in [3.8, 4) is 5.75 Å². The van der Waals surface area contributed by atoms with E-state index in [2.05, 4.69) is 37.1 Å². The molecule has 3 unspecified atom stereocenters. The number of hydrogen-bond acceptors (Lipinski definition) is 4. The zero-order chi connectivity index (χ0) is 15.7. The van der Waals surface area contributed by atoms with Crippen LogP contribution < -0.4 is 15.0 Å². The molecule has 0 bridgehead atoms. The Kier molecular flexibility index (Phi) is 4.59. The molecule has 0 aliphatic carbocycles. The van der Waals surface area contributed by atoms with Crippen LogP contribution in [0.1, 0.15) is 51.7 Å². The summed E-state index contributed by atoms with van der Waals surface area (Å²) in [5, 5.41) is 14.0. The highest BCUT2D eigenvalue weighted by molar-refractivity contribution is 5.62. The molecule has 22 heavy (non-hydrogen) atoms. The third-order valence-electron chi connectivity index (χ3n) is 4.89. The first kappa shape index (κ1) is 15.6. The Morgan fingerprint density at radius 3 is 2.86 bits per heavy atom. The summed E-state index contributed by atoms with van der Waals surface area (Å²) in [4.78, 5) is 2.39. The number of aliphatic hydroxyl groups excluding tert-OH is 1. The summed E-state index contributed by atoms with van der Waals surface area (Å²) in [6.45, 7) is 8.51. The quantitative estimate of drug-likeness (QED) is 0.898. The van der Waals surface area contributed by atoms with Crippen molar-refractivity contribution in [1.82, 2.24) is 5.32 Å². The average Bonchev–Trinajstić information content (AvgIpc) is 3.06. The van der Waals surface area contributed by atoms with Gasteiger partial charge in [0, 0.05) is 12.1 Å². The Morgan fingerprint density at radius 1 is 1.41 bits per heavy atom. The standard InChI is InChI=1S/C18H28N2O2/c1-4-14-11-20(12(2)3)16-10-13(7-8-17(16)22-14)18(21)15-6-5-9-19-15/h7-8,10,12,14-15,18-19,21H,4-6,9,11H2,1-3H3. The van der Waals surface area contributed by atoms with Gasteiger partial charge in [-0.3, -0.25) is 0 Å². The summed E-state index contributed by atoms with van der Waals surface area (Å²) < 4.78 is 6.08. The fraction of sp³-hybridized carbons (Fsp3) is 0.667. The molecule has 3 rings (SSSR count). The highest BCUT2D eigenvalue weighted by atomic mass is 16.5. The summed E-state index contributed by atoms with van der Waals surface area (Å²) in [5.41, 5.74) is 2.11. The molecular weight excluding hydrogens is 276 g/mol.